The standard InChI is InChI=1S/C10H24N2/c1-4-7-9(8-5-2)10(11)12-6-3/h9-10,12H,4-8,11H2,1-3H3. The van der Waals surface area contributed by atoms with E-state index in [9.17, 15) is 0 Å². The van der Waals surface area contributed by atoms with Crippen molar-refractivity contribution in [3.63, 3.8) is 0 Å². The first-order valence-electron chi connectivity index (χ1n) is 5.25. The van der Waals surface area contributed by atoms with Gasteiger partial charge in [0.25, 0.3) is 0 Å². The van der Waals surface area contributed by atoms with Gasteiger partial charge in [0, 0.05) is 0 Å². The fourth-order valence-electron chi connectivity index (χ4n) is 1.65. The minimum Gasteiger partial charge on any atom is -0.316 e. The van der Waals surface area contributed by atoms with Crippen LogP contribution in [0.15, 0.2) is 0 Å². The number of hydrogen-bond donors (Lipinski definition) is 2. The van der Waals surface area contributed by atoms with Crippen LogP contribution in [-0.2, 0) is 0 Å². The summed E-state index contributed by atoms with van der Waals surface area (Å²) in [7, 11) is 0. The molecule has 0 aromatic heterocycles. The summed E-state index contributed by atoms with van der Waals surface area (Å²) in [4.78, 5) is 0. The molecule has 0 aromatic rings. The quantitative estimate of drug-likeness (QED) is 0.577. The van der Waals surface area contributed by atoms with E-state index in [4.69, 9.17) is 5.73 Å². The van der Waals surface area contributed by atoms with Gasteiger partial charge in [-0.2, -0.15) is 0 Å². The molecule has 0 aliphatic rings. The van der Waals surface area contributed by atoms with Crippen LogP contribution in [-0.4, -0.2) is 12.7 Å². The molecular formula is C10H24N2. The monoisotopic (exact) mass is 172 g/mol. The van der Waals surface area contributed by atoms with E-state index in [0.717, 1.165) is 6.54 Å². The van der Waals surface area contributed by atoms with Crippen LogP contribution < -0.4 is 11.1 Å². The van der Waals surface area contributed by atoms with Crippen molar-refractivity contribution >= 4 is 0 Å². The third kappa shape index (κ3) is 4.73. The molecule has 0 fully saturated rings. The lowest BCUT2D eigenvalue weighted by molar-refractivity contribution is 0.321. The van der Waals surface area contributed by atoms with Gasteiger partial charge in [-0.3, -0.25) is 0 Å². The van der Waals surface area contributed by atoms with Crippen LogP contribution in [0, 0.1) is 5.92 Å². The zero-order chi connectivity index (χ0) is 9.40. The lowest BCUT2D eigenvalue weighted by Crippen LogP contribution is -2.43. The number of nitrogens with one attached hydrogen (secondary N) is 1. The van der Waals surface area contributed by atoms with E-state index in [1.165, 1.54) is 25.7 Å². The Kier molecular flexibility index (Phi) is 7.51. The molecule has 0 aliphatic carbocycles. The lowest BCUT2D eigenvalue weighted by Gasteiger charge is -2.23. The Morgan fingerprint density at radius 3 is 1.92 bits per heavy atom. The van der Waals surface area contributed by atoms with E-state index in [2.05, 4.69) is 26.1 Å². The Morgan fingerprint density at radius 2 is 1.58 bits per heavy atom. The van der Waals surface area contributed by atoms with Gasteiger partial charge < -0.3 is 11.1 Å². The van der Waals surface area contributed by atoms with Gasteiger partial charge >= 0.3 is 0 Å². The van der Waals surface area contributed by atoms with Crippen molar-refractivity contribution in [2.24, 2.45) is 11.7 Å². The van der Waals surface area contributed by atoms with Crippen molar-refractivity contribution in [3.05, 3.63) is 0 Å². The van der Waals surface area contributed by atoms with Gasteiger partial charge in [0.2, 0.25) is 0 Å². The van der Waals surface area contributed by atoms with Crippen LogP contribution in [0.4, 0.5) is 0 Å². The first-order chi connectivity index (χ1) is 5.76. The summed E-state index contributed by atoms with van der Waals surface area (Å²) in [5, 5.41) is 3.29. The van der Waals surface area contributed by atoms with Crippen LogP contribution in [0.1, 0.15) is 46.5 Å². The average Bonchev–Trinajstić information content (AvgIpc) is 2.04. The molecule has 74 valence electrons. The lowest BCUT2D eigenvalue weighted by atomic mass is 9.95. The summed E-state index contributed by atoms with van der Waals surface area (Å²) < 4.78 is 0. The number of hydrogen-bond acceptors (Lipinski definition) is 2. The summed E-state index contributed by atoms with van der Waals surface area (Å²) in [6.45, 7) is 7.53. The van der Waals surface area contributed by atoms with E-state index >= 15 is 0 Å². The van der Waals surface area contributed by atoms with Crippen LogP contribution in [0.5, 0.6) is 0 Å². The second-order valence-electron chi connectivity index (χ2n) is 3.42. The highest BCUT2D eigenvalue weighted by atomic mass is 15.0. The van der Waals surface area contributed by atoms with Gasteiger partial charge in [0.05, 0.1) is 6.17 Å². The molecule has 0 aromatic carbocycles. The van der Waals surface area contributed by atoms with Crippen molar-refractivity contribution in [1.29, 1.82) is 0 Å². The van der Waals surface area contributed by atoms with Gasteiger partial charge in [-0.25, -0.2) is 0 Å². The van der Waals surface area contributed by atoms with Gasteiger partial charge in [-0.1, -0.05) is 33.6 Å². The van der Waals surface area contributed by atoms with Crippen LogP contribution in [0.25, 0.3) is 0 Å². The Hall–Kier alpha value is -0.0800. The molecule has 0 rings (SSSR count). The molecule has 1 unspecified atom stereocenters. The fraction of sp³-hybridized carbons (Fsp3) is 1.00. The molecule has 12 heavy (non-hydrogen) atoms. The Balaban J connectivity index is 3.72. The molecule has 0 saturated carbocycles. The largest absolute Gasteiger partial charge is 0.316 e. The molecule has 0 amide bonds. The minimum atomic E-state index is 0.204. The van der Waals surface area contributed by atoms with E-state index in [0.29, 0.717) is 5.92 Å². The van der Waals surface area contributed by atoms with Crippen molar-refractivity contribution in [1.82, 2.24) is 5.32 Å². The maximum Gasteiger partial charge on any atom is 0.0575 e. The summed E-state index contributed by atoms with van der Waals surface area (Å²) in [5.41, 5.74) is 5.99. The molecule has 0 saturated heterocycles. The highest BCUT2D eigenvalue weighted by Crippen LogP contribution is 2.14. The molecule has 0 bridgehead atoms. The molecule has 0 heterocycles. The summed E-state index contributed by atoms with van der Waals surface area (Å²) >= 11 is 0. The van der Waals surface area contributed by atoms with Crippen LogP contribution in [0.2, 0.25) is 0 Å². The highest BCUT2D eigenvalue weighted by Gasteiger charge is 2.14. The SMILES string of the molecule is CCCC(CCC)C(N)NCC. The molecule has 0 aliphatic heterocycles. The van der Waals surface area contributed by atoms with Gasteiger partial charge in [0.1, 0.15) is 0 Å². The van der Waals surface area contributed by atoms with Crippen molar-refractivity contribution in [2.45, 2.75) is 52.6 Å². The second-order valence-corrected chi connectivity index (χ2v) is 3.42. The third-order valence-corrected chi connectivity index (χ3v) is 2.27. The van der Waals surface area contributed by atoms with E-state index in [-0.39, 0.29) is 6.17 Å². The highest BCUT2D eigenvalue weighted by molar-refractivity contribution is 4.69. The third-order valence-electron chi connectivity index (χ3n) is 2.27. The van der Waals surface area contributed by atoms with E-state index in [1.54, 1.807) is 0 Å². The molecule has 0 spiro atoms. The Morgan fingerprint density at radius 1 is 1.08 bits per heavy atom. The van der Waals surface area contributed by atoms with Gasteiger partial charge in [0.15, 0.2) is 0 Å². The average molecular weight is 172 g/mol. The minimum absolute atomic E-state index is 0.204. The predicted octanol–water partition coefficient (Wildman–Crippen LogP) is 2.10. The van der Waals surface area contributed by atoms with Gasteiger partial charge in [-0.05, 0) is 25.3 Å². The van der Waals surface area contributed by atoms with Crippen molar-refractivity contribution in [2.75, 3.05) is 6.54 Å². The number of rotatable bonds is 7. The van der Waals surface area contributed by atoms with Crippen LogP contribution >= 0.6 is 0 Å². The maximum absolute atomic E-state index is 5.99. The van der Waals surface area contributed by atoms with Gasteiger partial charge in [-0.15, -0.1) is 0 Å². The first-order valence-corrected chi connectivity index (χ1v) is 5.25. The summed E-state index contributed by atoms with van der Waals surface area (Å²) in [6, 6.07) is 0. The predicted molar refractivity (Wildman–Crippen MR) is 55.0 cm³/mol. The molecular weight excluding hydrogens is 148 g/mol. The summed E-state index contributed by atoms with van der Waals surface area (Å²) in [6.07, 6.45) is 5.19. The zero-order valence-corrected chi connectivity index (χ0v) is 8.77. The van der Waals surface area contributed by atoms with Crippen molar-refractivity contribution < 1.29 is 0 Å². The Labute approximate surface area is 76.9 Å². The first kappa shape index (κ1) is 11.9. The molecule has 2 nitrogen and oxygen atoms in total. The second kappa shape index (κ2) is 7.56. The number of nitrogens with two attached hydrogens (primary N) is 1. The topological polar surface area (TPSA) is 38.0 Å². The summed E-state index contributed by atoms with van der Waals surface area (Å²) in [5.74, 6) is 0.667. The smallest absolute Gasteiger partial charge is 0.0575 e. The van der Waals surface area contributed by atoms with E-state index in [1.807, 2.05) is 0 Å². The molecule has 2 heteroatoms. The Bertz CT molecular complexity index is 87.8. The van der Waals surface area contributed by atoms with Crippen LogP contribution in [0.3, 0.4) is 0 Å². The molecule has 3 N–H and O–H groups in total. The van der Waals surface area contributed by atoms with E-state index < -0.39 is 0 Å². The maximum atomic E-state index is 5.99. The normalized spacial score (nSPS) is 13.8. The fourth-order valence-corrected chi connectivity index (χ4v) is 1.65. The van der Waals surface area contributed by atoms with Crippen molar-refractivity contribution in [3.8, 4) is 0 Å². The molecule has 1 atom stereocenters. The zero-order valence-electron chi connectivity index (χ0n) is 8.77. The molecule has 0 radical (unpaired) electrons.